The van der Waals surface area contributed by atoms with Gasteiger partial charge in [-0.05, 0) is 25.5 Å². The van der Waals surface area contributed by atoms with Gasteiger partial charge in [-0.25, -0.2) is 4.98 Å². The minimum atomic E-state index is -0.0425. The first-order chi connectivity index (χ1) is 9.15. The molecule has 5 nitrogen and oxygen atoms in total. The van der Waals surface area contributed by atoms with Crippen molar-refractivity contribution in [1.29, 1.82) is 0 Å². The fourth-order valence-electron chi connectivity index (χ4n) is 2.42. The zero-order chi connectivity index (χ0) is 13.8. The molecule has 102 valence electrons. The van der Waals surface area contributed by atoms with Crippen LogP contribution in [0.15, 0.2) is 23.4 Å². The summed E-state index contributed by atoms with van der Waals surface area (Å²) >= 11 is 0. The van der Waals surface area contributed by atoms with Gasteiger partial charge in [0.25, 0.3) is 5.91 Å². The average Bonchev–Trinajstić information content (AvgIpc) is 2.45. The van der Waals surface area contributed by atoms with Crippen molar-refractivity contribution < 1.29 is 10.0 Å². The van der Waals surface area contributed by atoms with Crippen LogP contribution in [0.4, 0.5) is 0 Å². The maximum Gasteiger partial charge on any atom is 0.272 e. The molecule has 0 spiro atoms. The summed E-state index contributed by atoms with van der Waals surface area (Å²) < 4.78 is 0. The second-order valence-electron chi connectivity index (χ2n) is 4.86. The van der Waals surface area contributed by atoms with Crippen molar-refractivity contribution in [1.82, 2.24) is 9.88 Å². The summed E-state index contributed by atoms with van der Waals surface area (Å²) in [6.45, 7) is 5.10. The number of amides is 1. The van der Waals surface area contributed by atoms with E-state index >= 15 is 0 Å². The van der Waals surface area contributed by atoms with Crippen LogP contribution in [0.3, 0.4) is 0 Å². The monoisotopic (exact) mass is 261 g/mol. The normalized spacial score (nSPS) is 21.7. The third kappa shape index (κ3) is 2.92. The Bertz CT molecular complexity index is 499. The lowest BCUT2D eigenvalue weighted by atomic mass is 9.93. The second-order valence-corrected chi connectivity index (χ2v) is 4.86. The third-order valence-electron chi connectivity index (χ3n) is 3.57. The lowest BCUT2D eigenvalue weighted by Crippen LogP contribution is -2.44. The zero-order valence-corrected chi connectivity index (χ0v) is 11.3. The number of pyridine rings is 1. The van der Waals surface area contributed by atoms with Gasteiger partial charge < -0.3 is 10.1 Å². The summed E-state index contributed by atoms with van der Waals surface area (Å²) in [5.74, 6) is 0.103. The third-order valence-corrected chi connectivity index (χ3v) is 3.57. The van der Waals surface area contributed by atoms with Crippen LogP contribution >= 0.6 is 0 Å². The Morgan fingerprint density at radius 2 is 2.37 bits per heavy atom. The number of carbonyl (C=O) groups excluding carboxylic acids is 1. The van der Waals surface area contributed by atoms with Gasteiger partial charge in [0.15, 0.2) is 0 Å². The van der Waals surface area contributed by atoms with Crippen molar-refractivity contribution in [2.75, 3.05) is 13.1 Å². The molecule has 1 aliphatic heterocycles. The summed E-state index contributed by atoms with van der Waals surface area (Å²) in [4.78, 5) is 18.4. The lowest BCUT2D eigenvalue weighted by Gasteiger charge is -2.32. The van der Waals surface area contributed by atoms with Crippen LogP contribution in [0, 0.1) is 12.8 Å². The molecule has 0 bridgehead atoms. The van der Waals surface area contributed by atoms with E-state index in [2.05, 4.69) is 10.1 Å². The maximum atomic E-state index is 12.4. The molecule has 1 amide bonds. The molecule has 2 rings (SSSR count). The topological polar surface area (TPSA) is 65.8 Å². The summed E-state index contributed by atoms with van der Waals surface area (Å²) in [5, 5.41) is 12.3. The molecule has 1 aliphatic rings. The number of hydrogen-bond donors (Lipinski definition) is 1. The van der Waals surface area contributed by atoms with Gasteiger partial charge in [-0.3, -0.25) is 4.79 Å². The van der Waals surface area contributed by atoms with Crippen molar-refractivity contribution in [3.8, 4) is 0 Å². The molecule has 1 atom stereocenters. The minimum Gasteiger partial charge on any atom is -0.411 e. The maximum absolute atomic E-state index is 12.4. The van der Waals surface area contributed by atoms with E-state index in [1.54, 1.807) is 11.0 Å². The highest BCUT2D eigenvalue weighted by atomic mass is 16.4. The van der Waals surface area contributed by atoms with E-state index in [0.29, 0.717) is 25.2 Å². The lowest BCUT2D eigenvalue weighted by molar-refractivity contribution is 0.0723. The minimum absolute atomic E-state index is 0.0425. The van der Waals surface area contributed by atoms with E-state index in [9.17, 15) is 4.79 Å². The van der Waals surface area contributed by atoms with E-state index < -0.39 is 0 Å². The Morgan fingerprint density at radius 3 is 3.00 bits per heavy atom. The number of rotatable bonds is 2. The van der Waals surface area contributed by atoms with Crippen molar-refractivity contribution in [2.45, 2.75) is 26.7 Å². The number of aryl methyl sites for hydroxylation is 1. The molecule has 2 heterocycles. The predicted octanol–water partition coefficient (Wildman–Crippen LogP) is 2.09. The van der Waals surface area contributed by atoms with Gasteiger partial charge in [-0.15, -0.1) is 0 Å². The number of piperidine rings is 1. The summed E-state index contributed by atoms with van der Waals surface area (Å²) in [6.07, 6.45) is 1.50. The fourth-order valence-corrected chi connectivity index (χ4v) is 2.42. The highest BCUT2D eigenvalue weighted by Gasteiger charge is 2.28. The molecule has 5 heteroatoms. The van der Waals surface area contributed by atoms with Gasteiger partial charge in [0.05, 0.1) is 5.71 Å². The van der Waals surface area contributed by atoms with Crippen LogP contribution in [-0.2, 0) is 0 Å². The van der Waals surface area contributed by atoms with E-state index in [1.165, 1.54) is 0 Å². The Balaban J connectivity index is 2.13. The molecule has 1 aromatic rings. The van der Waals surface area contributed by atoms with Crippen LogP contribution < -0.4 is 0 Å². The highest BCUT2D eigenvalue weighted by molar-refractivity contribution is 5.95. The smallest absolute Gasteiger partial charge is 0.272 e. The van der Waals surface area contributed by atoms with E-state index in [4.69, 9.17) is 5.21 Å². The molecule has 0 saturated carbocycles. The van der Waals surface area contributed by atoms with Gasteiger partial charge in [0.2, 0.25) is 0 Å². The molecule has 1 unspecified atom stereocenters. The molecular formula is C14H19N3O2. The number of likely N-dealkylation sites (tertiary alicyclic amines) is 1. The molecule has 1 N–H and O–H groups in total. The number of hydrogen-bond acceptors (Lipinski definition) is 4. The van der Waals surface area contributed by atoms with Gasteiger partial charge in [0, 0.05) is 31.1 Å². The highest BCUT2D eigenvalue weighted by Crippen LogP contribution is 2.19. The Kier molecular flexibility index (Phi) is 4.14. The number of nitrogens with zero attached hydrogens (tertiary/aromatic N) is 3. The largest absolute Gasteiger partial charge is 0.411 e. The van der Waals surface area contributed by atoms with Crippen LogP contribution in [-0.4, -0.2) is 39.8 Å². The number of aromatic nitrogens is 1. The van der Waals surface area contributed by atoms with Crippen molar-refractivity contribution >= 4 is 11.6 Å². The number of carbonyl (C=O) groups is 1. The first-order valence-electron chi connectivity index (χ1n) is 6.59. The Morgan fingerprint density at radius 1 is 1.58 bits per heavy atom. The van der Waals surface area contributed by atoms with Gasteiger partial charge in [-0.1, -0.05) is 18.1 Å². The van der Waals surface area contributed by atoms with Crippen LogP contribution in [0.25, 0.3) is 0 Å². The standard InChI is InChI=1S/C14H19N3O2/c1-3-11-9-17(8-7-12(11)16-19)14(18)13-6-4-5-10(2)15-13/h4-6,11,19H,3,7-9H2,1-2H3/b16-12+. The first kappa shape index (κ1) is 13.5. The average molecular weight is 261 g/mol. The van der Waals surface area contributed by atoms with Gasteiger partial charge >= 0.3 is 0 Å². The first-order valence-corrected chi connectivity index (χ1v) is 6.59. The summed E-state index contributed by atoms with van der Waals surface area (Å²) in [7, 11) is 0. The zero-order valence-electron chi connectivity index (χ0n) is 11.3. The van der Waals surface area contributed by atoms with Crippen molar-refractivity contribution in [2.24, 2.45) is 11.1 Å². The quantitative estimate of drug-likeness (QED) is 0.655. The molecule has 1 aromatic heterocycles. The van der Waals surface area contributed by atoms with Crippen molar-refractivity contribution in [3.05, 3.63) is 29.6 Å². The molecule has 0 aromatic carbocycles. The molecule has 0 aliphatic carbocycles. The van der Waals surface area contributed by atoms with E-state index in [0.717, 1.165) is 17.8 Å². The SMILES string of the molecule is CCC1CN(C(=O)c2cccc(C)n2)CC/C1=N\O. The van der Waals surface area contributed by atoms with Crippen LogP contribution in [0.2, 0.25) is 0 Å². The number of oxime groups is 1. The Labute approximate surface area is 112 Å². The molecule has 1 fully saturated rings. The van der Waals surface area contributed by atoms with Gasteiger partial charge in [0.1, 0.15) is 5.69 Å². The Hall–Kier alpha value is -1.91. The van der Waals surface area contributed by atoms with Gasteiger partial charge in [-0.2, -0.15) is 0 Å². The van der Waals surface area contributed by atoms with Crippen molar-refractivity contribution in [3.63, 3.8) is 0 Å². The fraction of sp³-hybridized carbons (Fsp3) is 0.500. The summed E-state index contributed by atoms with van der Waals surface area (Å²) in [6, 6.07) is 5.46. The second kappa shape index (κ2) is 5.82. The molecule has 0 radical (unpaired) electrons. The van der Waals surface area contributed by atoms with Crippen LogP contribution in [0.1, 0.15) is 35.9 Å². The molecule has 1 saturated heterocycles. The summed E-state index contributed by atoms with van der Waals surface area (Å²) in [5.41, 5.74) is 2.12. The predicted molar refractivity (Wildman–Crippen MR) is 72.5 cm³/mol. The molecule has 19 heavy (non-hydrogen) atoms. The molecular weight excluding hydrogens is 242 g/mol. The van der Waals surface area contributed by atoms with Crippen LogP contribution in [0.5, 0.6) is 0 Å². The van der Waals surface area contributed by atoms with E-state index in [1.807, 2.05) is 26.0 Å². The van der Waals surface area contributed by atoms with E-state index in [-0.39, 0.29) is 11.8 Å².